The lowest BCUT2D eigenvalue weighted by Gasteiger charge is -2.25. The van der Waals surface area contributed by atoms with Crippen LogP contribution in [0.2, 0.25) is 0 Å². The van der Waals surface area contributed by atoms with Crippen molar-refractivity contribution in [2.45, 2.75) is 63.8 Å². The highest BCUT2D eigenvalue weighted by molar-refractivity contribution is 5.85. The number of hydrogen-bond donors (Lipinski definition) is 2. The summed E-state index contributed by atoms with van der Waals surface area (Å²) in [5.41, 5.74) is -0.408. The molecule has 0 aromatic heterocycles. The van der Waals surface area contributed by atoms with Gasteiger partial charge in [-0.1, -0.05) is 0 Å². The molecule has 0 aliphatic carbocycles. The maximum atomic E-state index is 11.5. The van der Waals surface area contributed by atoms with Crippen LogP contribution in [-0.4, -0.2) is 29.8 Å². The first-order valence-corrected chi connectivity index (χ1v) is 5.69. The van der Waals surface area contributed by atoms with E-state index in [0.29, 0.717) is 12.1 Å². The van der Waals surface area contributed by atoms with Crippen LogP contribution in [0.1, 0.15) is 40.0 Å². The Hall–Kier alpha value is -0.480. The summed E-state index contributed by atoms with van der Waals surface area (Å²) in [4.78, 5) is 11.5. The number of ether oxygens (including phenoxy) is 1. The molecule has 2 bridgehead atoms. The first kappa shape index (κ1) is 13.6. The summed E-state index contributed by atoms with van der Waals surface area (Å²) < 4.78 is 5.23. The lowest BCUT2D eigenvalue weighted by molar-refractivity contribution is 0.0497. The quantitative estimate of drug-likeness (QED) is 0.744. The van der Waals surface area contributed by atoms with E-state index in [2.05, 4.69) is 10.6 Å². The van der Waals surface area contributed by atoms with Gasteiger partial charge in [0.1, 0.15) is 5.60 Å². The van der Waals surface area contributed by atoms with Gasteiger partial charge in [0.15, 0.2) is 0 Å². The summed E-state index contributed by atoms with van der Waals surface area (Å²) >= 11 is 0. The molecule has 2 fully saturated rings. The van der Waals surface area contributed by atoms with E-state index in [1.54, 1.807) is 0 Å². The Bertz CT molecular complexity index is 265. The third kappa shape index (κ3) is 3.25. The van der Waals surface area contributed by atoms with Crippen molar-refractivity contribution >= 4 is 18.5 Å². The van der Waals surface area contributed by atoms with Gasteiger partial charge in [-0.3, -0.25) is 0 Å². The molecule has 0 radical (unpaired) electrons. The third-order valence-corrected chi connectivity index (χ3v) is 3.00. The first-order valence-electron chi connectivity index (χ1n) is 5.69. The number of fused-ring (bicyclic) bond motifs is 2. The minimum Gasteiger partial charge on any atom is -0.444 e. The van der Waals surface area contributed by atoms with E-state index in [-0.39, 0.29) is 24.5 Å². The Morgan fingerprint density at radius 3 is 2.50 bits per heavy atom. The number of carbonyl (C=O) groups excluding carboxylic acids is 1. The van der Waals surface area contributed by atoms with E-state index in [1.165, 1.54) is 12.8 Å². The molecular formula is C11H21ClN2O2. The summed E-state index contributed by atoms with van der Waals surface area (Å²) in [6.07, 6.45) is 3.17. The zero-order valence-corrected chi connectivity index (χ0v) is 10.9. The van der Waals surface area contributed by atoms with Crippen LogP contribution in [0, 0.1) is 0 Å². The molecule has 94 valence electrons. The van der Waals surface area contributed by atoms with Crippen LogP contribution in [0.5, 0.6) is 0 Å². The standard InChI is InChI=1S/C11H20N2O2.ClH/c1-11(2,3)15-10(14)13-9-6-7-4-5-8(9)12-7;/h7-9,12H,4-6H2,1-3H3,(H,13,14);1H/t7-,8+,9-;/m0./s1. The molecule has 16 heavy (non-hydrogen) atoms. The van der Waals surface area contributed by atoms with E-state index in [0.717, 1.165) is 6.42 Å². The first-order chi connectivity index (χ1) is 6.94. The van der Waals surface area contributed by atoms with Crippen LogP contribution < -0.4 is 10.6 Å². The molecule has 2 saturated heterocycles. The fourth-order valence-electron chi connectivity index (χ4n) is 2.44. The highest BCUT2D eigenvalue weighted by atomic mass is 35.5. The van der Waals surface area contributed by atoms with Gasteiger partial charge in [0.2, 0.25) is 0 Å². The maximum Gasteiger partial charge on any atom is 0.407 e. The Kier molecular flexibility index (Phi) is 4.07. The molecule has 2 rings (SSSR count). The molecule has 0 aromatic rings. The fraction of sp³-hybridized carbons (Fsp3) is 0.909. The van der Waals surface area contributed by atoms with Crippen LogP contribution in [0.15, 0.2) is 0 Å². The number of carbonyl (C=O) groups is 1. The molecule has 0 unspecified atom stereocenters. The Balaban J connectivity index is 0.00000128. The van der Waals surface area contributed by atoms with Gasteiger partial charge in [-0.2, -0.15) is 0 Å². The predicted molar refractivity (Wildman–Crippen MR) is 65.0 cm³/mol. The van der Waals surface area contributed by atoms with Crippen LogP contribution in [0.25, 0.3) is 0 Å². The van der Waals surface area contributed by atoms with Crippen molar-refractivity contribution < 1.29 is 9.53 Å². The SMILES string of the molecule is CC(C)(C)OC(=O)N[C@H]1C[C@@H]2CC[C@H]1N2.Cl. The largest absolute Gasteiger partial charge is 0.444 e. The third-order valence-electron chi connectivity index (χ3n) is 3.00. The van der Waals surface area contributed by atoms with E-state index >= 15 is 0 Å². The Labute approximate surface area is 103 Å². The van der Waals surface area contributed by atoms with E-state index < -0.39 is 5.60 Å². The molecule has 0 spiro atoms. The molecule has 1 amide bonds. The lowest BCUT2D eigenvalue weighted by atomic mass is 9.96. The van der Waals surface area contributed by atoms with Gasteiger partial charge < -0.3 is 15.4 Å². The number of nitrogens with one attached hydrogen (secondary N) is 2. The molecule has 4 nitrogen and oxygen atoms in total. The van der Waals surface area contributed by atoms with Gasteiger partial charge in [-0.15, -0.1) is 12.4 Å². The van der Waals surface area contributed by atoms with Gasteiger partial charge in [-0.05, 0) is 40.0 Å². The van der Waals surface area contributed by atoms with Crippen molar-refractivity contribution in [2.75, 3.05) is 0 Å². The smallest absolute Gasteiger partial charge is 0.407 e. The van der Waals surface area contributed by atoms with Gasteiger partial charge in [0, 0.05) is 18.1 Å². The van der Waals surface area contributed by atoms with E-state index in [1.807, 2.05) is 20.8 Å². The summed E-state index contributed by atoms with van der Waals surface area (Å²) in [5, 5.41) is 6.42. The average Bonchev–Trinajstić information content (AvgIpc) is 2.60. The molecule has 2 heterocycles. The van der Waals surface area contributed by atoms with Crippen LogP contribution >= 0.6 is 12.4 Å². The molecule has 2 aliphatic rings. The number of rotatable bonds is 1. The zero-order chi connectivity index (χ0) is 11.1. The minimum atomic E-state index is -0.408. The predicted octanol–water partition coefficient (Wildman–Crippen LogP) is 1.83. The second-order valence-electron chi connectivity index (χ2n) is 5.54. The van der Waals surface area contributed by atoms with Crippen LogP contribution in [0.4, 0.5) is 4.79 Å². The summed E-state index contributed by atoms with van der Waals surface area (Å²) in [5.74, 6) is 0. The lowest BCUT2D eigenvalue weighted by Crippen LogP contribution is -2.45. The van der Waals surface area contributed by atoms with Crippen LogP contribution in [0.3, 0.4) is 0 Å². The monoisotopic (exact) mass is 248 g/mol. The van der Waals surface area contributed by atoms with Crippen molar-refractivity contribution in [3.8, 4) is 0 Å². The topological polar surface area (TPSA) is 50.4 Å². The summed E-state index contributed by atoms with van der Waals surface area (Å²) in [6.45, 7) is 5.64. The molecule has 3 atom stereocenters. The van der Waals surface area contributed by atoms with E-state index in [4.69, 9.17) is 4.74 Å². The fourth-order valence-corrected chi connectivity index (χ4v) is 2.44. The molecule has 0 aromatic carbocycles. The van der Waals surface area contributed by atoms with Gasteiger partial charge in [0.25, 0.3) is 0 Å². The number of halogens is 1. The molecule has 2 N–H and O–H groups in total. The second kappa shape index (κ2) is 4.80. The van der Waals surface area contributed by atoms with Crippen molar-refractivity contribution in [2.24, 2.45) is 0 Å². The number of alkyl carbamates (subject to hydrolysis) is 1. The van der Waals surface area contributed by atoms with Crippen molar-refractivity contribution in [1.82, 2.24) is 10.6 Å². The van der Waals surface area contributed by atoms with Crippen molar-refractivity contribution in [1.29, 1.82) is 0 Å². The van der Waals surface area contributed by atoms with Gasteiger partial charge in [0.05, 0.1) is 0 Å². The highest BCUT2D eigenvalue weighted by Crippen LogP contribution is 2.28. The van der Waals surface area contributed by atoms with Crippen molar-refractivity contribution in [3.05, 3.63) is 0 Å². The minimum absolute atomic E-state index is 0. The van der Waals surface area contributed by atoms with E-state index in [9.17, 15) is 4.79 Å². The highest BCUT2D eigenvalue weighted by Gasteiger charge is 2.40. The second-order valence-corrected chi connectivity index (χ2v) is 5.54. The maximum absolute atomic E-state index is 11.5. The van der Waals surface area contributed by atoms with Crippen LogP contribution in [-0.2, 0) is 4.74 Å². The normalized spacial score (nSPS) is 32.1. The molecule has 2 aliphatic heterocycles. The number of hydrogen-bond acceptors (Lipinski definition) is 3. The van der Waals surface area contributed by atoms with Gasteiger partial charge >= 0.3 is 6.09 Å². The Morgan fingerprint density at radius 2 is 2.06 bits per heavy atom. The molecule has 0 saturated carbocycles. The number of amides is 1. The van der Waals surface area contributed by atoms with Gasteiger partial charge in [-0.25, -0.2) is 4.79 Å². The molecular weight excluding hydrogens is 228 g/mol. The van der Waals surface area contributed by atoms with Crippen molar-refractivity contribution in [3.63, 3.8) is 0 Å². The Morgan fingerprint density at radius 1 is 1.38 bits per heavy atom. The summed E-state index contributed by atoms with van der Waals surface area (Å²) in [7, 11) is 0. The summed E-state index contributed by atoms with van der Waals surface area (Å²) in [6, 6.07) is 1.33. The zero-order valence-electron chi connectivity index (χ0n) is 10.1. The average molecular weight is 249 g/mol. The molecule has 5 heteroatoms.